The Morgan fingerprint density at radius 1 is 1.29 bits per heavy atom. The van der Waals surface area contributed by atoms with Crippen molar-refractivity contribution in [2.24, 2.45) is 11.8 Å². The number of nitrogens with zero attached hydrogens (tertiary/aromatic N) is 3. The number of halogens is 1. The number of hydrogen-bond acceptors (Lipinski definition) is 3. The largest absolute Gasteiger partial charge is 0.454 e. The highest BCUT2D eigenvalue weighted by Crippen LogP contribution is 2.24. The maximum Gasteiger partial charge on any atom is 0.289 e. The van der Waals surface area contributed by atoms with Crippen molar-refractivity contribution in [2.75, 3.05) is 13.1 Å². The molecule has 0 spiro atoms. The molecule has 1 aliphatic heterocycles. The molecule has 3 heterocycles. The molecular formula is C18H24BrN3O2. The first-order valence-corrected chi connectivity index (χ1v) is 9.22. The van der Waals surface area contributed by atoms with Gasteiger partial charge in [-0.05, 0) is 60.2 Å². The molecule has 1 aliphatic rings. The van der Waals surface area contributed by atoms with Gasteiger partial charge < -0.3 is 9.32 Å². The Morgan fingerprint density at radius 2 is 1.96 bits per heavy atom. The molecule has 24 heavy (non-hydrogen) atoms. The summed E-state index contributed by atoms with van der Waals surface area (Å²) in [5, 5.41) is 4.48. The highest BCUT2D eigenvalue weighted by molar-refractivity contribution is 9.10. The molecule has 0 saturated carbocycles. The molecule has 6 heteroatoms. The minimum Gasteiger partial charge on any atom is -0.454 e. The standard InChI is InChI=1S/C18H24BrN3O2/c1-11-7-12(2)9-21(8-11)18(23)16-6-5-15(24-16)10-22-14(4)17(19)13(3)20-22/h5-6,11-12H,7-10H2,1-4H3/t11-,12+. The predicted octanol–water partition coefficient (Wildman–Crippen LogP) is 4.02. The summed E-state index contributed by atoms with van der Waals surface area (Å²) >= 11 is 3.53. The summed E-state index contributed by atoms with van der Waals surface area (Å²) in [4.78, 5) is 14.6. The van der Waals surface area contributed by atoms with Gasteiger partial charge in [0.2, 0.25) is 0 Å². The molecule has 0 aliphatic carbocycles. The Morgan fingerprint density at radius 3 is 2.54 bits per heavy atom. The summed E-state index contributed by atoms with van der Waals surface area (Å²) in [6.45, 7) is 10.5. The molecule has 0 N–H and O–H groups in total. The molecule has 2 aromatic heterocycles. The van der Waals surface area contributed by atoms with E-state index in [1.807, 2.05) is 29.5 Å². The summed E-state index contributed by atoms with van der Waals surface area (Å²) < 4.78 is 8.71. The molecule has 2 atom stereocenters. The molecule has 0 radical (unpaired) electrons. The van der Waals surface area contributed by atoms with Crippen LogP contribution in [-0.2, 0) is 6.54 Å². The highest BCUT2D eigenvalue weighted by Gasteiger charge is 2.27. The smallest absolute Gasteiger partial charge is 0.289 e. The highest BCUT2D eigenvalue weighted by atomic mass is 79.9. The zero-order valence-corrected chi connectivity index (χ0v) is 16.3. The van der Waals surface area contributed by atoms with Gasteiger partial charge in [0.05, 0.1) is 22.4 Å². The van der Waals surface area contributed by atoms with Crippen LogP contribution in [-0.4, -0.2) is 33.7 Å². The maximum absolute atomic E-state index is 12.7. The number of amides is 1. The molecule has 1 saturated heterocycles. The van der Waals surface area contributed by atoms with Gasteiger partial charge in [-0.25, -0.2) is 0 Å². The van der Waals surface area contributed by atoms with E-state index >= 15 is 0 Å². The van der Waals surface area contributed by atoms with Crippen molar-refractivity contribution in [1.29, 1.82) is 0 Å². The monoisotopic (exact) mass is 393 g/mol. The van der Waals surface area contributed by atoms with Crippen molar-refractivity contribution in [1.82, 2.24) is 14.7 Å². The van der Waals surface area contributed by atoms with Crippen LogP contribution in [0.15, 0.2) is 21.0 Å². The Kier molecular flexibility index (Phi) is 4.85. The van der Waals surface area contributed by atoms with Crippen LogP contribution in [0.5, 0.6) is 0 Å². The van der Waals surface area contributed by atoms with Crippen molar-refractivity contribution in [3.8, 4) is 0 Å². The number of aryl methyl sites for hydroxylation is 1. The van der Waals surface area contributed by atoms with Crippen LogP contribution >= 0.6 is 15.9 Å². The van der Waals surface area contributed by atoms with Gasteiger partial charge in [-0.2, -0.15) is 5.10 Å². The average molecular weight is 394 g/mol. The van der Waals surface area contributed by atoms with Crippen molar-refractivity contribution in [3.63, 3.8) is 0 Å². The van der Waals surface area contributed by atoms with Gasteiger partial charge in [0.25, 0.3) is 5.91 Å². The SMILES string of the molecule is Cc1nn(Cc2ccc(C(=O)N3C[C@H](C)C[C@H](C)C3)o2)c(C)c1Br. The molecule has 0 unspecified atom stereocenters. The number of furan rings is 1. The summed E-state index contributed by atoms with van der Waals surface area (Å²) in [5.74, 6) is 2.24. The van der Waals surface area contributed by atoms with Crippen LogP contribution in [0.1, 0.15) is 48.0 Å². The zero-order chi connectivity index (χ0) is 17.4. The van der Waals surface area contributed by atoms with E-state index in [9.17, 15) is 4.79 Å². The molecule has 1 amide bonds. The molecule has 1 fully saturated rings. The quantitative estimate of drug-likeness (QED) is 0.790. The van der Waals surface area contributed by atoms with E-state index < -0.39 is 0 Å². The summed E-state index contributed by atoms with van der Waals surface area (Å²) in [7, 11) is 0. The second kappa shape index (κ2) is 6.75. The minimum absolute atomic E-state index is 0.00537. The Labute approximate surface area is 151 Å². The van der Waals surface area contributed by atoms with Gasteiger partial charge in [0.1, 0.15) is 5.76 Å². The van der Waals surface area contributed by atoms with Gasteiger partial charge in [-0.3, -0.25) is 9.48 Å². The summed E-state index contributed by atoms with van der Waals surface area (Å²) in [6, 6.07) is 3.65. The maximum atomic E-state index is 12.7. The molecule has 2 aromatic rings. The summed E-state index contributed by atoms with van der Waals surface area (Å²) in [5.41, 5.74) is 2.00. The lowest BCUT2D eigenvalue weighted by Crippen LogP contribution is -2.42. The van der Waals surface area contributed by atoms with Gasteiger partial charge in [0, 0.05) is 13.1 Å². The zero-order valence-electron chi connectivity index (χ0n) is 14.7. The van der Waals surface area contributed by atoms with E-state index in [4.69, 9.17) is 4.42 Å². The lowest BCUT2D eigenvalue weighted by atomic mass is 9.92. The van der Waals surface area contributed by atoms with Crippen LogP contribution in [0.25, 0.3) is 0 Å². The molecule has 0 bridgehead atoms. The Balaban J connectivity index is 1.73. The topological polar surface area (TPSA) is 51.3 Å². The van der Waals surface area contributed by atoms with Gasteiger partial charge in [-0.1, -0.05) is 13.8 Å². The molecule has 130 valence electrons. The van der Waals surface area contributed by atoms with Crippen LogP contribution < -0.4 is 0 Å². The van der Waals surface area contributed by atoms with E-state index in [1.54, 1.807) is 6.07 Å². The fourth-order valence-corrected chi connectivity index (χ4v) is 3.82. The number of aromatic nitrogens is 2. The van der Waals surface area contributed by atoms with Gasteiger partial charge in [0.15, 0.2) is 5.76 Å². The van der Waals surface area contributed by atoms with Crippen molar-refractivity contribution in [3.05, 3.63) is 39.5 Å². The fourth-order valence-electron chi connectivity index (χ4n) is 3.54. The third kappa shape index (κ3) is 3.43. The average Bonchev–Trinajstić information content (AvgIpc) is 3.07. The van der Waals surface area contributed by atoms with Crippen LogP contribution in [0.3, 0.4) is 0 Å². The van der Waals surface area contributed by atoms with Crippen molar-refractivity contribution >= 4 is 21.8 Å². The van der Waals surface area contributed by atoms with Crippen LogP contribution in [0, 0.1) is 25.7 Å². The van der Waals surface area contributed by atoms with Crippen LogP contribution in [0.2, 0.25) is 0 Å². The van der Waals surface area contributed by atoms with Gasteiger partial charge >= 0.3 is 0 Å². The van der Waals surface area contributed by atoms with Crippen LogP contribution in [0.4, 0.5) is 0 Å². The number of carbonyl (C=O) groups excluding carboxylic acids is 1. The first-order valence-electron chi connectivity index (χ1n) is 8.42. The first kappa shape index (κ1) is 17.3. The summed E-state index contributed by atoms with van der Waals surface area (Å²) in [6.07, 6.45) is 1.18. The second-order valence-electron chi connectivity index (χ2n) is 7.06. The molecular weight excluding hydrogens is 370 g/mol. The second-order valence-corrected chi connectivity index (χ2v) is 7.86. The minimum atomic E-state index is -0.00537. The van der Waals surface area contributed by atoms with Crippen molar-refractivity contribution in [2.45, 2.75) is 40.7 Å². The fraction of sp³-hybridized carbons (Fsp3) is 0.556. The third-order valence-corrected chi connectivity index (χ3v) is 5.77. The molecule has 3 rings (SSSR count). The van der Waals surface area contributed by atoms with E-state index in [0.29, 0.717) is 24.1 Å². The van der Waals surface area contributed by atoms with E-state index in [1.165, 1.54) is 6.42 Å². The number of piperidine rings is 1. The number of hydrogen-bond donors (Lipinski definition) is 0. The number of likely N-dealkylation sites (tertiary alicyclic amines) is 1. The van der Waals surface area contributed by atoms with E-state index in [2.05, 4.69) is 34.9 Å². The van der Waals surface area contributed by atoms with E-state index in [-0.39, 0.29) is 5.91 Å². The lowest BCUT2D eigenvalue weighted by Gasteiger charge is -2.34. The lowest BCUT2D eigenvalue weighted by molar-refractivity contribution is 0.0589. The first-order chi connectivity index (χ1) is 11.3. The normalized spacial score (nSPS) is 21.3. The molecule has 0 aromatic carbocycles. The predicted molar refractivity (Wildman–Crippen MR) is 96.1 cm³/mol. The Bertz CT molecular complexity index is 740. The van der Waals surface area contributed by atoms with Crippen molar-refractivity contribution < 1.29 is 9.21 Å². The molecule has 5 nitrogen and oxygen atoms in total. The van der Waals surface area contributed by atoms with E-state index in [0.717, 1.165) is 34.7 Å². The van der Waals surface area contributed by atoms with Gasteiger partial charge in [-0.15, -0.1) is 0 Å². The number of rotatable bonds is 3. The number of carbonyl (C=O) groups is 1. The third-order valence-electron chi connectivity index (χ3n) is 4.63. The Hall–Kier alpha value is -1.56.